The van der Waals surface area contributed by atoms with Gasteiger partial charge in [-0.2, -0.15) is 0 Å². The van der Waals surface area contributed by atoms with Gasteiger partial charge in [0, 0.05) is 37.6 Å². The molecule has 2 aromatic carbocycles. The molecule has 0 unspecified atom stereocenters. The van der Waals surface area contributed by atoms with Gasteiger partial charge in [0.15, 0.2) is 5.16 Å². The highest BCUT2D eigenvalue weighted by Gasteiger charge is 2.21. The molecule has 1 aromatic heterocycles. The Bertz CT molecular complexity index is 1150. The second-order valence-electron chi connectivity index (χ2n) is 7.93. The molecule has 6 nitrogen and oxygen atoms in total. The molecule has 8 heteroatoms. The fraction of sp³-hybridized carbons (Fsp3) is 0.292. The van der Waals surface area contributed by atoms with Gasteiger partial charge in [0.2, 0.25) is 5.91 Å². The van der Waals surface area contributed by atoms with Crippen LogP contribution in [-0.4, -0.2) is 33.1 Å². The first-order valence-corrected chi connectivity index (χ1v) is 11.9. The highest BCUT2D eigenvalue weighted by atomic mass is 35.5. The summed E-state index contributed by atoms with van der Waals surface area (Å²) in [6.45, 7) is 4.66. The summed E-state index contributed by atoms with van der Waals surface area (Å²) >= 11 is 7.21. The number of nitrogens with zero attached hydrogens (tertiary/aromatic N) is 2. The van der Waals surface area contributed by atoms with Crippen LogP contribution in [-0.2, 0) is 30.8 Å². The van der Waals surface area contributed by atoms with E-state index in [1.54, 1.807) is 0 Å². The zero-order valence-corrected chi connectivity index (χ0v) is 19.4. The van der Waals surface area contributed by atoms with Crippen LogP contribution in [0.2, 0.25) is 5.02 Å². The Balaban J connectivity index is 1.31. The largest absolute Gasteiger partial charge is 0.351 e. The number of carbonyl (C=O) groups is 1. The van der Waals surface area contributed by atoms with Crippen molar-refractivity contribution in [3.05, 3.63) is 91.9 Å². The average molecular weight is 469 g/mol. The minimum atomic E-state index is -0.127. The summed E-state index contributed by atoms with van der Waals surface area (Å²) in [4.78, 5) is 34.5. The van der Waals surface area contributed by atoms with Crippen molar-refractivity contribution >= 4 is 29.3 Å². The fourth-order valence-electron chi connectivity index (χ4n) is 3.60. The molecule has 1 aliphatic heterocycles. The van der Waals surface area contributed by atoms with Crippen LogP contribution in [0, 0.1) is 6.92 Å². The summed E-state index contributed by atoms with van der Waals surface area (Å²) in [5, 5.41) is 4.11. The number of H-pyrrole nitrogens is 1. The van der Waals surface area contributed by atoms with Crippen molar-refractivity contribution in [2.75, 3.05) is 12.3 Å². The fourth-order valence-corrected chi connectivity index (χ4v) is 4.44. The molecule has 1 amide bonds. The highest BCUT2D eigenvalue weighted by Crippen LogP contribution is 2.20. The average Bonchev–Trinajstić information content (AvgIpc) is 2.79. The van der Waals surface area contributed by atoms with Crippen LogP contribution < -0.4 is 10.9 Å². The molecule has 3 aromatic rings. The van der Waals surface area contributed by atoms with E-state index in [9.17, 15) is 9.59 Å². The van der Waals surface area contributed by atoms with E-state index in [0.717, 1.165) is 29.9 Å². The second-order valence-corrected chi connectivity index (χ2v) is 9.33. The zero-order valence-electron chi connectivity index (χ0n) is 17.9. The molecular formula is C24H25ClN4O2S. The third-order valence-electron chi connectivity index (χ3n) is 5.40. The molecule has 0 bridgehead atoms. The van der Waals surface area contributed by atoms with Crippen molar-refractivity contribution in [1.29, 1.82) is 0 Å². The van der Waals surface area contributed by atoms with Gasteiger partial charge in [-0.1, -0.05) is 65.3 Å². The van der Waals surface area contributed by atoms with Gasteiger partial charge in [-0.25, -0.2) is 4.98 Å². The maximum Gasteiger partial charge on any atom is 0.256 e. The van der Waals surface area contributed by atoms with Gasteiger partial charge >= 0.3 is 0 Å². The molecule has 0 radical (unpaired) electrons. The molecular weight excluding hydrogens is 444 g/mol. The van der Waals surface area contributed by atoms with E-state index in [1.165, 1.54) is 17.3 Å². The number of halogens is 1. The minimum Gasteiger partial charge on any atom is -0.351 e. The van der Waals surface area contributed by atoms with Crippen LogP contribution in [0.15, 0.2) is 58.5 Å². The van der Waals surface area contributed by atoms with Gasteiger partial charge in [-0.3, -0.25) is 14.5 Å². The van der Waals surface area contributed by atoms with E-state index in [4.69, 9.17) is 11.6 Å². The normalized spacial score (nSPS) is 13.6. The Morgan fingerprint density at radius 2 is 1.88 bits per heavy atom. The molecule has 2 heterocycles. The molecule has 2 N–H and O–H groups in total. The van der Waals surface area contributed by atoms with E-state index < -0.39 is 0 Å². The Hall–Kier alpha value is -2.61. The van der Waals surface area contributed by atoms with E-state index in [-0.39, 0.29) is 17.2 Å². The van der Waals surface area contributed by atoms with Crippen molar-refractivity contribution in [2.24, 2.45) is 0 Å². The maximum atomic E-state index is 12.7. The number of amides is 1. The minimum absolute atomic E-state index is 0.0925. The van der Waals surface area contributed by atoms with Crippen LogP contribution >= 0.6 is 23.4 Å². The zero-order chi connectivity index (χ0) is 22.5. The number of aryl methyl sites for hydroxylation is 1. The van der Waals surface area contributed by atoms with Crippen molar-refractivity contribution in [1.82, 2.24) is 20.2 Å². The summed E-state index contributed by atoms with van der Waals surface area (Å²) in [7, 11) is 0. The van der Waals surface area contributed by atoms with Crippen molar-refractivity contribution in [3.8, 4) is 0 Å². The lowest BCUT2D eigenvalue weighted by Crippen LogP contribution is -2.35. The summed E-state index contributed by atoms with van der Waals surface area (Å²) in [6, 6.07) is 15.8. The van der Waals surface area contributed by atoms with Crippen molar-refractivity contribution in [3.63, 3.8) is 0 Å². The topological polar surface area (TPSA) is 78.1 Å². The molecule has 32 heavy (non-hydrogen) atoms. The predicted octanol–water partition coefficient (Wildman–Crippen LogP) is 3.70. The Labute approximate surface area is 196 Å². The molecule has 1 aliphatic rings. The quantitative estimate of drug-likeness (QED) is 0.408. The van der Waals surface area contributed by atoms with Gasteiger partial charge in [-0.05, 0) is 30.2 Å². The van der Waals surface area contributed by atoms with Gasteiger partial charge in [0.1, 0.15) is 0 Å². The number of aromatic amines is 1. The predicted molar refractivity (Wildman–Crippen MR) is 128 cm³/mol. The Morgan fingerprint density at radius 3 is 2.62 bits per heavy atom. The van der Waals surface area contributed by atoms with Crippen LogP contribution in [0.25, 0.3) is 0 Å². The molecule has 0 spiro atoms. The lowest BCUT2D eigenvalue weighted by atomic mass is 10.1. The smallest absolute Gasteiger partial charge is 0.256 e. The van der Waals surface area contributed by atoms with Crippen LogP contribution in [0.5, 0.6) is 0 Å². The lowest BCUT2D eigenvalue weighted by Gasteiger charge is -2.27. The van der Waals surface area contributed by atoms with E-state index >= 15 is 0 Å². The molecule has 0 saturated heterocycles. The molecule has 0 fully saturated rings. The van der Waals surface area contributed by atoms with Gasteiger partial charge in [0.05, 0.1) is 17.0 Å². The van der Waals surface area contributed by atoms with Gasteiger partial charge in [-0.15, -0.1) is 0 Å². The first-order valence-electron chi connectivity index (χ1n) is 10.5. The summed E-state index contributed by atoms with van der Waals surface area (Å²) in [5.41, 5.74) is 4.80. The maximum absolute atomic E-state index is 12.7. The summed E-state index contributed by atoms with van der Waals surface area (Å²) in [6.07, 6.45) is 0.708. The standard InChI is InChI=1S/C24H25ClN4O2S/c1-16-2-4-17(5-3-16)12-26-22(30)15-32-24-27-21-10-11-29(14-20(21)23(31)28-24)13-18-6-8-19(25)9-7-18/h2-9H,10-15H2,1H3,(H,26,30)(H,27,28,31). The Kier molecular flexibility index (Phi) is 7.29. The lowest BCUT2D eigenvalue weighted by molar-refractivity contribution is -0.118. The molecule has 0 saturated carbocycles. The molecule has 0 atom stereocenters. The molecule has 0 aliphatic carbocycles. The van der Waals surface area contributed by atoms with E-state index in [0.29, 0.717) is 35.3 Å². The number of fused-ring (bicyclic) bond motifs is 1. The molecule has 166 valence electrons. The van der Waals surface area contributed by atoms with Crippen LogP contribution in [0.1, 0.15) is 27.9 Å². The number of hydrogen-bond donors (Lipinski definition) is 2. The van der Waals surface area contributed by atoms with Crippen molar-refractivity contribution < 1.29 is 4.79 Å². The van der Waals surface area contributed by atoms with Crippen LogP contribution in [0.3, 0.4) is 0 Å². The number of rotatable bonds is 7. The third-order valence-corrected chi connectivity index (χ3v) is 6.52. The monoisotopic (exact) mass is 468 g/mol. The third kappa shape index (κ3) is 6.00. The van der Waals surface area contributed by atoms with E-state index in [2.05, 4.69) is 20.2 Å². The van der Waals surface area contributed by atoms with Crippen LogP contribution in [0.4, 0.5) is 0 Å². The number of nitrogens with one attached hydrogen (secondary N) is 2. The first kappa shape index (κ1) is 22.6. The molecule has 4 rings (SSSR count). The first-order chi connectivity index (χ1) is 15.5. The van der Waals surface area contributed by atoms with Gasteiger partial charge < -0.3 is 10.3 Å². The second kappa shape index (κ2) is 10.3. The number of benzene rings is 2. The van der Waals surface area contributed by atoms with Crippen molar-refractivity contribution in [2.45, 2.75) is 38.1 Å². The summed E-state index contributed by atoms with van der Waals surface area (Å²) in [5.74, 6) is 0.112. The van der Waals surface area contributed by atoms with E-state index in [1.807, 2.05) is 55.5 Å². The summed E-state index contributed by atoms with van der Waals surface area (Å²) < 4.78 is 0. The number of carbonyl (C=O) groups excluding carboxylic acids is 1. The van der Waals surface area contributed by atoms with Gasteiger partial charge in [0.25, 0.3) is 5.56 Å². The Morgan fingerprint density at radius 1 is 1.16 bits per heavy atom. The highest BCUT2D eigenvalue weighted by molar-refractivity contribution is 7.99. The number of hydrogen-bond acceptors (Lipinski definition) is 5. The number of thioether (sulfide) groups is 1. The SMILES string of the molecule is Cc1ccc(CNC(=O)CSc2nc3c(c(=O)[nH]2)CN(Cc2ccc(Cl)cc2)CC3)cc1. The number of aromatic nitrogens is 2.